The summed E-state index contributed by atoms with van der Waals surface area (Å²) >= 11 is 0. The van der Waals surface area contributed by atoms with Crippen molar-refractivity contribution in [2.24, 2.45) is 0 Å². The number of nitrogens with zero attached hydrogens (tertiary/aromatic N) is 1. The summed E-state index contributed by atoms with van der Waals surface area (Å²) in [6.07, 6.45) is 26.1. The van der Waals surface area contributed by atoms with Gasteiger partial charge in [-0.05, 0) is 18.6 Å². The number of carbonyl (C=O) groups is 2. The predicted molar refractivity (Wildman–Crippen MR) is 151 cm³/mol. The molecule has 0 heterocycles. The molecule has 2 amide bonds. The fourth-order valence-electron chi connectivity index (χ4n) is 4.60. The van der Waals surface area contributed by atoms with Gasteiger partial charge < -0.3 is 10.2 Å². The summed E-state index contributed by atoms with van der Waals surface area (Å²) in [6.45, 7) is 2.28. The van der Waals surface area contributed by atoms with E-state index in [4.69, 9.17) is 0 Å². The molecule has 35 heavy (non-hydrogen) atoms. The maximum Gasteiger partial charge on any atom is 0.255 e. The predicted octanol–water partition coefficient (Wildman–Crippen LogP) is 9.15. The SMILES string of the molecule is CCCCCCCCCCCCCCCCCCCCCC(=O)Nc1ccccc1C(=O)N(C)C. The minimum Gasteiger partial charge on any atom is -0.345 e. The lowest BCUT2D eigenvalue weighted by molar-refractivity contribution is -0.116. The van der Waals surface area contributed by atoms with E-state index in [0.717, 1.165) is 12.8 Å². The second kappa shape index (κ2) is 21.4. The maximum atomic E-state index is 12.3. The number of rotatable bonds is 22. The van der Waals surface area contributed by atoms with E-state index in [0.29, 0.717) is 17.7 Å². The van der Waals surface area contributed by atoms with Crippen LogP contribution in [0.4, 0.5) is 5.69 Å². The molecule has 4 nitrogen and oxygen atoms in total. The summed E-state index contributed by atoms with van der Waals surface area (Å²) < 4.78 is 0. The number of nitrogens with one attached hydrogen (secondary N) is 1. The maximum absolute atomic E-state index is 12.3. The Morgan fingerprint density at radius 3 is 1.46 bits per heavy atom. The van der Waals surface area contributed by atoms with Crippen molar-refractivity contribution in [2.45, 2.75) is 135 Å². The highest BCUT2D eigenvalue weighted by Crippen LogP contribution is 2.18. The molecule has 200 valence electrons. The van der Waals surface area contributed by atoms with Gasteiger partial charge in [-0.1, -0.05) is 135 Å². The van der Waals surface area contributed by atoms with Crippen LogP contribution in [0.25, 0.3) is 0 Å². The highest BCUT2D eigenvalue weighted by Gasteiger charge is 2.14. The minimum absolute atomic E-state index is 0.00372. The fraction of sp³-hybridized carbons (Fsp3) is 0.742. The minimum atomic E-state index is -0.0932. The van der Waals surface area contributed by atoms with Gasteiger partial charge in [0, 0.05) is 20.5 Å². The number of anilines is 1. The Morgan fingerprint density at radius 2 is 1.03 bits per heavy atom. The van der Waals surface area contributed by atoms with Crippen molar-refractivity contribution in [3.63, 3.8) is 0 Å². The van der Waals surface area contributed by atoms with E-state index >= 15 is 0 Å². The molecule has 4 heteroatoms. The van der Waals surface area contributed by atoms with Crippen molar-refractivity contribution in [1.82, 2.24) is 4.90 Å². The van der Waals surface area contributed by atoms with E-state index in [-0.39, 0.29) is 11.8 Å². The largest absolute Gasteiger partial charge is 0.345 e. The zero-order chi connectivity index (χ0) is 25.6. The third-order valence-corrected chi connectivity index (χ3v) is 6.85. The zero-order valence-electron chi connectivity index (χ0n) is 23.2. The molecule has 1 N–H and O–H groups in total. The molecule has 0 aliphatic heterocycles. The van der Waals surface area contributed by atoms with Gasteiger partial charge in [-0.25, -0.2) is 0 Å². The van der Waals surface area contributed by atoms with Gasteiger partial charge in [-0.3, -0.25) is 9.59 Å². The molecule has 0 atom stereocenters. The third kappa shape index (κ3) is 16.5. The van der Waals surface area contributed by atoms with Crippen LogP contribution in [-0.4, -0.2) is 30.8 Å². The standard InChI is InChI=1S/C31H54N2O2/c1-4-5-6-7-8-9-10-11-12-13-14-15-16-17-18-19-20-21-22-27-30(34)32-29-26-24-23-25-28(29)31(35)33(2)3/h23-26H,4-22,27H2,1-3H3,(H,32,34). The van der Waals surface area contributed by atoms with Crippen molar-refractivity contribution in [2.75, 3.05) is 19.4 Å². The van der Waals surface area contributed by atoms with Crippen molar-refractivity contribution in [3.05, 3.63) is 29.8 Å². The highest BCUT2D eigenvalue weighted by atomic mass is 16.2. The number of amides is 2. The van der Waals surface area contributed by atoms with Gasteiger partial charge in [0.15, 0.2) is 0 Å². The van der Waals surface area contributed by atoms with Gasteiger partial charge in [-0.15, -0.1) is 0 Å². The van der Waals surface area contributed by atoms with Gasteiger partial charge in [0.2, 0.25) is 5.91 Å². The number of unbranched alkanes of at least 4 members (excludes halogenated alkanes) is 18. The van der Waals surface area contributed by atoms with Crippen LogP contribution < -0.4 is 5.32 Å². The summed E-state index contributed by atoms with van der Waals surface area (Å²) in [7, 11) is 3.44. The number of carbonyl (C=O) groups excluding carboxylic acids is 2. The van der Waals surface area contributed by atoms with E-state index in [9.17, 15) is 9.59 Å². The summed E-state index contributed by atoms with van der Waals surface area (Å²) in [5, 5.41) is 2.92. The van der Waals surface area contributed by atoms with Crippen LogP contribution in [0.2, 0.25) is 0 Å². The van der Waals surface area contributed by atoms with E-state index in [1.807, 2.05) is 12.1 Å². The molecule has 0 aromatic heterocycles. The average molecular weight is 487 g/mol. The van der Waals surface area contributed by atoms with Crippen molar-refractivity contribution in [1.29, 1.82) is 0 Å². The van der Waals surface area contributed by atoms with Gasteiger partial charge >= 0.3 is 0 Å². The normalized spacial score (nSPS) is 10.9. The molecule has 0 spiro atoms. The Hall–Kier alpha value is -1.84. The van der Waals surface area contributed by atoms with E-state index in [1.54, 1.807) is 26.2 Å². The monoisotopic (exact) mass is 486 g/mol. The van der Waals surface area contributed by atoms with Crippen LogP contribution in [0.5, 0.6) is 0 Å². The van der Waals surface area contributed by atoms with Crippen LogP contribution >= 0.6 is 0 Å². The average Bonchev–Trinajstić information content (AvgIpc) is 2.85. The zero-order valence-corrected chi connectivity index (χ0v) is 23.2. The molecular weight excluding hydrogens is 432 g/mol. The van der Waals surface area contributed by atoms with Gasteiger partial charge in [0.1, 0.15) is 0 Å². The Bertz CT molecular complexity index is 672. The van der Waals surface area contributed by atoms with Crippen molar-refractivity contribution in [3.8, 4) is 0 Å². The van der Waals surface area contributed by atoms with Crippen molar-refractivity contribution >= 4 is 17.5 Å². The number of benzene rings is 1. The van der Waals surface area contributed by atoms with Crippen molar-refractivity contribution < 1.29 is 9.59 Å². The summed E-state index contributed by atoms with van der Waals surface area (Å²) in [4.78, 5) is 26.1. The van der Waals surface area contributed by atoms with Crippen LogP contribution in [0.15, 0.2) is 24.3 Å². The second-order valence-electron chi connectivity index (χ2n) is 10.4. The van der Waals surface area contributed by atoms with Crippen LogP contribution in [0.1, 0.15) is 146 Å². The van der Waals surface area contributed by atoms with E-state index < -0.39 is 0 Å². The smallest absolute Gasteiger partial charge is 0.255 e. The molecular formula is C31H54N2O2. The topological polar surface area (TPSA) is 49.4 Å². The Morgan fingerprint density at radius 1 is 0.629 bits per heavy atom. The van der Waals surface area contributed by atoms with E-state index in [1.165, 1.54) is 114 Å². The first kappa shape index (κ1) is 31.2. The molecule has 0 saturated carbocycles. The summed E-state index contributed by atoms with van der Waals surface area (Å²) in [5.41, 5.74) is 1.15. The lowest BCUT2D eigenvalue weighted by atomic mass is 10.0. The lowest BCUT2D eigenvalue weighted by Crippen LogP contribution is -2.24. The molecule has 0 fully saturated rings. The molecule has 0 aliphatic carbocycles. The van der Waals surface area contributed by atoms with Crippen LogP contribution in [0.3, 0.4) is 0 Å². The Kier molecular flexibility index (Phi) is 19.1. The molecule has 0 bridgehead atoms. The molecule has 1 aromatic rings. The molecule has 1 aromatic carbocycles. The first-order chi connectivity index (χ1) is 17.1. The number of hydrogen-bond acceptors (Lipinski definition) is 2. The number of para-hydroxylation sites is 1. The molecule has 0 unspecified atom stereocenters. The Balaban J connectivity index is 1.91. The number of hydrogen-bond donors (Lipinski definition) is 1. The van der Waals surface area contributed by atoms with Gasteiger partial charge in [-0.2, -0.15) is 0 Å². The first-order valence-electron chi connectivity index (χ1n) is 14.7. The quantitative estimate of drug-likeness (QED) is 0.166. The highest BCUT2D eigenvalue weighted by molar-refractivity contribution is 6.03. The first-order valence-corrected chi connectivity index (χ1v) is 14.7. The lowest BCUT2D eigenvalue weighted by Gasteiger charge is -2.14. The molecule has 0 saturated heterocycles. The Labute approximate surface area is 216 Å². The summed E-state index contributed by atoms with van der Waals surface area (Å²) in [6, 6.07) is 7.23. The summed E-state index contributed by atoms with van der Waals surface area (Å²) in [5.74, 6) is -0.0969. The molecule has 0 radical (unpaired) electrons. The van der Waals surface area contributed by atoms with Gasteiger partial charge in [0.25, 0.3) is 5.91 Å². The van der Waals surface area contributed by atoms with Gasteiger partial charge in [0.05, 0.1) is 11.3 Å². The third-order valence-electron chi connectivity index (χ3n) is 6.85. The van der Waals surface area contributed by atoms with Crippen LogP contribution in [-0.2, 0) is 4.79 Å². The second-order valence-corrected chi connectivity index (χ2v) is 10.4. The molecule has 0 aliphatic rings. The van der Waals surface area contributed by atoms with Crippen LogP contribution in [0, 0.1) is 0 Å². The van der Waals surface area contributed by atoms with E-state index in [2.05, 4.69) is 12.2 Å². The fourth-order valence-corrected chi connectivity index (χ4v) is 4.60. The molecule has 1 rings (SSSR count).